The van der Waals surface area contributed by atoms with Crippen LogP contribution in [0.15, 0.2) is 54.6 Å². The van der Waals surface area contributed by atoms with Gasteiger partial charge in [-0.2, -0.15) is 4.31 Å². The first-order chi connectivity index (χ1) is 12.5. The van der Waals surface area contributed by atoms with Gasteiger partial charge in [0.2, 0.25) is 10.0 Å². The number of sulfonamides is 1. The molecule has 1 aliphatic heterocycles. The molecule has 0 unspecified atom stereocenters. The highest BCUT2D eigenvalue weighted by atomic mass is 32.2. The zero-order valence-electron chi connectivity index (χ0n) is 14.2. The summed E-state index contributed by atoms with van der Waals surface area (Å²) in [6, 6.07) is 15.8. The molecule has 1 heterocycles. The number of rotatable bonds is 7. The van der Waals surface area contributed by atoms with Crippen LogP contribution in [0.5, 0.6) is 5.75 Å². The van der Waals surface area contributed by atoms with Crippen LogP contribution in [-0.4, -0.2) is 42.1 Å². The molecule has 26 heavy (non-hydrogen) atoms. The van der Waals surface area contributed by atoms with E-state index in [-0.39, 0.29) is 18.7 Å². The smallest absolute Gasteiger partial charge is 0.322 e. The maximum Gasteiger partial charge on any atom is 0.322 e. The lowest BCUT2D eigenvalue weighted by Crippen LogP contribution is -2.43. The van der Waals surface area contributed by atoms with E-state index in [0.717, 1.165) is 15.4 Å². The zero-order valence-corrected chi connectivity index (χ0v) is 15.1. The van der Waals surface area contributed by atoms with E-state index in [1.54, 1.807) is 24.3 Å². The first-order valence-corrected chi connectivity index (χ1v) is 10.0. The molecule has 0 bridgehead atoms. The Hall–Kier alpha value is -2.38. The van der Waals surface area contributed by atoms with Crippen molar-refractivity contribution >= 4 is 16.0 Å². The summed E-state index contributed by atoms with van der Waals surface area (Å²) in [6.07, 6.45) is 0.573. The van der Waals surface area contributed by atoms with E-state index < -0.39 is 22.0 Å². The molecule has 0 radical (unpaired) electrons. The van der Waals surface area contributed by atoms with Crippen LogP contribution in [0.3, 0.4) is 0 Å². The normalized spacial score (nSPS) is 17.7. The van der Waals surface area contributed by atoms with Crippen LogP contribution in [0.25, 0.3) is 0 Å². The predicted molar refractivity (Wildman–Crippen MR) is 97.5 cm³/mol. The summed E-state index contributed by atoms with van der Waals surface area (Å²) in [5.74, 6) is -0.498. The first kappa shape index (κ1) is 18.4. The van der Waals surface area contributed by atoms with Crippen molar-refractivity contribution in [1.82, 2.24) is 4.31 Å². The van der Waals surface area contributed by atoms with Gasteiger partial charge in [0.25, 0.3) is 0 Å². The third-order valence-corrected chi connectivity index (χ3v) is 6.30. The van der Waals surface area contributed by atoms with Gasteiger partial charge in [-0.05, 0) is 36.1 Å². The second kappa shape index (κ2) is 7.88. The van der Waals surface area contributed by atoms with E-state index in [1.807, 2.05) is 30.3 Å². The van der Waals surface area contributed by atoms with E-state index in [0.29, 0.717) is 18.8 Å². The fourth-order valence-corrected chi connectivity index (χ4v) is 4.74. The van der Waals surface area contributed by atoms with E-state index in [1.165, 1.54) is 0 Å². The summed E-state index contributed by atoms with van der Waals surface area (Å²) < 4.78 is 31.0. The quantitative estimate of drug-likeness (QED) is 0.803. The Labute approximate surface area is 153 Å². The van der Waals surface area contributed by atoms with E-state index in [9.17, 15) is 18.3 Å². The fraction of sp³-hybridized carbons (Fsp3) is 0.316. The maximum absolute atomic E-state index is 12.1. The number of nitrogens with zero attached hydrogens (tertiary/aromatic N) is 1. The SMILES string of the molecule is O=C(O)[C@H](Cc1cccc(OCc2ccccc2)c1)N1CCCS1(=O)=O. The van der Waals surface area contributed by atoms with Crippen molar-refractivity contribution < 1.29 is 23.1 Å². The summed E-state index contributed by atoms with van der Waals surface area (Å²) in [5, 5.41) is 9.51. The van der Waals surface area contributed by atoms with Gasteiger partial charge in [-0.25, -0.2) is 8.42 Å². The van der Waals surface area contributed by atoms with Crippen LogP contribution >= 0.6 is 0 Å². The number of benzene rings is 2. The van der Waals surface area contributed by atoms with Gasteiger partial charge in [-0.3, -0.25) is 4.79 Å². The van der Waals surface area contributed by atoms with Gasteiger partial charge in [0, 0.05) is 6.54 Å². The third kappa shape index (κ3) is 4.42. The Morgan fingerprint density at radius 1 is 1.12 bits per heavy atom. The molecule has 0 aromatic heterocycles. The summed E-state index contributed by atoms with van der Waals surface area (Å²) in [4.78, 5) is 11.6. The van der Waals surface area contributed by atoms with Crippen LogP contribution < -0.4 is 4.74 Å². The number of carbonyl (C=O) groups is 1. The summed E-state index contributed by atoms with van der Waals surface area (Å²) >= 11 is 0. The molecule has 1 aliphatic rings. The van der Waals surface area contributed by atoms with Crippen LogP contribution in [0.4, 0.5) is 0 Å². The lowest BCUT2D eigenvalue weighted by molar-refractivity contribution is -0.141. The van der Waals surface area contributed by atoms with Gasteiger partial charge in [0.1, 0.15) is 18.4 Å². The van der Waals surface area contributed by atoms with E-state index in [2.05, 4.69) is 0 Å². The highest BCUT2D eigenvalue weighted by Gasteiger charge is 2.38. The molecule has 2 aromatic rings. The number of carboxylic acid groups (broad SMARTS) is 1. The Morgan fingerprint density at radius 3 is 2.50 bits per heavy atom. The molecular formula is C19H21NO5S. The predicted octanol–water partition coefficient (Wildman–Crippen LogP) is 2.30. The topological polar surface area (TPSA) is 83.9 Å². The Balaban J connectivity index is 1.71. The van der Waals surface area contributed by atoms with Crippen molar-refractivity contribution in [3.05, 3.63) is 65.7 Å². The minimum Gasteiger partial charge on any atom is -0.489 e. The van der Waals surface area contributed by atoms with Gasteiger partial charge in [0.05, 0.1) is 5.75 Å². The lowest BCUT2D eigenvalue weighted by Gasteiger charge is -2.23. The summed E-state index contributed by atoms with van der Waals surface area (Å²) in [5.41, 5.74) is 1.76. The molecular weight excluding hydrogens is 354 g/mol. The Bertz CT molecular complexity index is 867. The maximum atomic E-state index is 12.1. The van der Waals surface area contributed by atoms with Crippen molar-refractivity contribution in [2.24, 2.45) is 0 Å². The van der Waals surface area contributed by atoms with Gasteiger partial charge in [-0.15, -0.1) is 0 Å². The molecule has 0 amide bonds. The van der Waals surface area contributed by atoms with Gasteiger partial charge < -0.3 is 9.84 Å². The second-order valence-electron chi connectivity index (χ2n) is 6.26. The minimum absolute atomic E-state index is 0.0109. The highest BCUT2D eigenvalue weighted by molar-refractivity contribution is 7.89. The number of aliphatic carboxylic acids is 1. The van der Waals surface area contributed by atoms with Gasteiger partial charge in [0.15, 0.2) is 0 Å². The van der Waals surface area contributed by atoms with Crippen LogP contribution in [-0.2, 0) is 27.8 Å². The van der Waals surface area contributed by atoms with E-state index >= 15 is 0 Å². The highest BCUT2D eigenvalue weighted by Crippen LogP contribution is 2.22. The molecule has 138 valence electrons. The standard InChI is InChI=1S/C19H21NO5S/c21-19(22)18(20-10-5-11-26(20,23)24)13-16-8-4-9-17(12-16)25-14-15-6-2-1-3-7-15/h1-4,6-9,12,18H,5,10-11,13-14H2,(H,21,22)/t18-/m0/s1. The third-order valence-electron chi connectivity index (χ3n) is 4.35. The molecule has 0 aliphatic carbocycles. The van der Waals surface area contributed by atoms with Crippen LogP contribution in [0.1, 0.15) is 17.5 Å². The van der Waals surface area contributed by atoms with Gasteiger partial charge >= 0.3 is 5.97 Å². The largest absolute Gasteiger partial charge is 0.489 e. The lowest BCUT2D eigenvalue weighted by atomic mass is 10.1. The molecule has 1 saturated heterocycles. The Kier molecular flexibility index (Phi) is 5.58. The molecule has 1 atom stereocenters. The molecule has 0 saturated carbocycles. The molecule has 3 rings (SSSR count). The second-order valence-corrected chi connectivity index (χ2v) is 8.30. The first-order valence-electron chi connectivity index (χ1n) is 8.44. The molecule has 1 N–H and O–H groups in total. The number of ether oxygens (including phenoxy) is 1. The molecule has 6 nitrogen and oxygen atoms in total. The minimum atomic E-state index is -3.49. The van der Waals surface area contributed by atoms with Crippen molar-refractivity contribution in [3.8, 4) is 5.75 Å². The number of hydrogen-bond acceptors (Lipinski definition) is 4. The summed E-state index contributed by atoms with van der Waals surface area (Å²) in [6.45, 7) is 0.663. The molecule has 7 heteroatoms. The van der Waals surface area contributed by atoms with Crippen LogP contribution in [0, 0.1) is 0 Å². The van der Waals surface area contributed by atoms with Crippen molar-refractivity contribution in [2.45, 2.75) is 25.5 Å². The fourth-order valence-electron chi connectivity index (χ4n) is 3.05. The van der Waals surface area contributed by atoms with Gasteiger partial charge in [-0.1, -0.05) is 42.5 Å². The number of hydrogen-bond donors (Lipinski definition) is 1. The molecule has 0 spiro atoms. The zero-order chi connectivity index (χ0) is 18.6. The Morgan fingerprint density at radius 2 is 1.85 bits per heavy atom. The van der Waals surface area contributed by atoms with Crippen LogP contribution in [0.2, 0.25) is 0 Å². The number of carboxylic acids is 1. The molecule has 1 fully saturated rings. The van der Waals surface area contributed by atoms with Crippen molar-refractivity contribution in [1.29, 1.82) is 0 Å². The monoisotopic (exact) mass is 375 g/mol. The average Bonchev–Trinajstić information content (AvgIpc) is 2.98. The average molecular weight is 375 g/mol. The van der Waals surface area contributed by atoms with Crippen molar-refractivity contribution in [3.63, 3.8) is 0 Å². The van der Waals surface area contributed by atoms with Crippen molar-refractivity contribution in [2.75, 3.05) is 12.3 Å². The summed E-state index contributed by atoms with van der Waals surface area (Å²) in [7, 11) is -3.49. The molecule has 2 aromatic carbocycles. The van der Waals surface area contributed by atoms with E-state index in [4.69, 9.17) is 4.74 Å².